The van der Waals surface area contributed by atoms with Gasteiger partial charge in [0.2, 0.25) is 0 Å². The van der Waals surface area contributed by atoms with E-state index in [1.54, 1.807) is 0 Å². The molecule has 0 saturated heterocycles. The highest BCUT2D eigenvalue weighted by Gasteiger charge is 2.15. The molecule has 0 unspecified atom stereocenters. The summed E-state index contributed by atoms with van der Waals surface area (Å²) < 4.78 is 0. The minimum Gasteiger partial charge on any atom is -0.0654 e. The lowest BCUT2D eigenvalue weighted by molar-refractivity contribution is 0.515. The fraction of sp³-hybridized carbons (Fsp3) is 1.00. The molecule has 0 aromatic rings. The Labute approximate surface area is 213 Å². The Morgan fingerprint density at radius 2 is 0.455 bits per heavy atom. The van der Waals surface area contributed by atoms with Crippen LogP contribution >= 0.6 is 7.26 Å². The molecule has 0 nitrogen and oxygen atoms in total. The van der Waals surface area contributed by atoms with E-state index >= 15 is 0 Å². The van der Waals surface area contributed by atoms with E-state index in [1.807, 2.05) is 0 Å². The van der Waals surface area contributed by atoms with Crippen LogP contribution in [0.3, 0.4) is 0 Å². The van der Waals surface area contributed by atoms with Gasteiger partial charge >= 0.3 is 0 Å². The zero-order chi connectivity index (χ0) is 24.3. The van der Waals surface area contributed by atoms with Crippen molar-refractivity contribution < 1.29 is 0 Å². The summed E-state index contributed by atoms with van der Waals surface area (Å²) >= 11 is 0. The first-order chi connectivity index (χ1) is 16.1. The van der Waals surface area contributed by atoms with Crippen molar-refractivity contribution in [1.29, 1.82) is 0 Å². The molecule has 0 aromatic heterocycles. The third kappa shape index (κ3) is 32.4. The molecule has 33 heavy (non-hydrogen) atoms. The summed E-state index contributed by atoms with van der Waals surface area (Å²) in [6.45, 7) is 9.75. The van der Waals surface area contributed by atoms with Crippen molar-refractivity contribution in [3.8, 4) is 0 Å². The van der Waals surface area contributed by atoms with E-state index in [1.165, 1.54) is 180 Å². The van der Waals surface area contributed by atoms with Gasteiger partial charge in [-0.15, -0.1) is 0 Å². The highest BCUT2D eigenvalue weighted by molar-refractivity contribution is 7.73. The van der Waals surface area contributed by atoms with Crippen molar-refractivity contribution >= 4 is 7.26 Å². The van der Waals surface area contributed by atoms with E-state index in [9.17, 15) is 0 Å². The summed E-state index contributed by atoms with van der Waals surface area (Å²) in [4.78, 5) is 0. The molecule has 0 fully saturated rings. The van der Waals surface area contributed by atoms with Crippen LogP contribution in [0.15, 0.2) is 0 Å². The van der Waals surface area contributed by atoms with Gasteiger partial charge in [0.25, 0.3) is 0 Å². The second-order valence-electron chi connectivity index (χ2n) is 12.2. The predicted molar refractivity (Wildman–Crippen MR) is 160 cm³/mol. The van der Waals surface area contributed by atoms with Gasteiger partial charge in [-0.05, 0) is 12.8 Å². The van der Waals surface area contributed by atoms with Crippen LogP contribution in [0.5, 0.6) is 0 Å². The molecule has 0 spiro atoms. The molecule has 0 aromatic carbocycles. The minimum absolute atomic E-state index is 0.516. The Kier molecular flexibility index (Phi) is 27.4. The molecule has 0 aliphatic carbocycles. The lowest BCUT2D eigenvalue weighted by Crippen LogP contribution is -1.93. The molecule has 0 bridgehead atoms. The smallest absolute Gasteiger partial charge is 0.0586 e. The summed E-state index contributed by atoms with van der Waals surface area (Å²) in [5.74, 6) is 0. The van der Waals surface area contributed by atoms with Gasteiger partial charge in [0, 0.05) is 27.3 Å². The maximum atomic E-state index is 2.48. The Balaban J connectivity index is 3.03. The zero-order valence-corrected chi connectivity index (χ0v) is 25.1. The van der Waals surface area contributed by atoms with Crippen LogP contribution in [0.1, 0.15) is 180 Å². The highest BCUT2D eigenvalue weighted by atomic mass is 31.2. The van der Waals surface area contributed by atoms with E-state index in [4.69, 9.17) is 0 Å². The van der Waals surface area contributed by atoms with Gasteiger partial charge in [0.05, 0.1) is 6.16 Å². The van der Waals surface area contributed by atoms with Gasteiger partial charge in [-0.25, -0.2) is 0 Å². The molecular weight excluding hydrogens is 415 g/mol. The van der Waals surface area contributed by atoms with Crippen molar-refractivity contribution in [2.75, 3.05) is 26.2 Å². The Bertz CT molecular complexity index is 343. The van der Waals surface area contributed by atoms with E-state index < -0.39 is 7.26 Å². The third-order valence-corrected chi connectivity index (χ3v) is 9.09. The first-order valence-corrected chi connectivity index (χ1v) is 19.2. The summed E-state index contributed by atoms with van der Waals surface area (Å²) in [6.07, 6.45) is 41.6. The first kappa shape index (κ1) is 33.4. The predicted octanol–water partition coefficient (Wildman–Crippen LogP) is 12.4. The quantitative estimate of drug-likeness (QED) is 0.0766. The summed E-state index contributed by atoms with van der Waals surface area (Å²) in [7, 11) is -0.516. The van der Waals surface area contributed by atoms with Crippen LogP contribution < -0.4 is 0 Å². The van der Waals surface area contributed by atoms with Crippen LogP contribution in [0, 0.1) is 0 Å². The van der Waals surface area contributed by atoms with Crippen LogP contribution in [0.2, 0.25) is 0 Å². The van der Waals surface area contributed by atoms with E-state index in [0.29, 0.717) is 0 Å². The van der Waals surface area contributed by atoms with Gasteiger partial charge in [-0.2, -0.15) is 0 Å². The topological polar surface area (TPSA) is 0 Å². The van der Waals surface area contributed by atoms with Gasteiger partial charge in [-0.3, -0.25) is 0 Å². The summed E-state index contributed by atoms with van der Waals surface area (Å²) in [5, 5.41) is 0. The summed E-state index contributed by atoms with van der Waals surface area (Å²) in [6, 6.07) is 0. The lowest BCUT2D eigenvalue weighted by atomic mass is 10.0. The van der Waals surface area contributed by atoms with Gasteiger partial charge in [0.1, 0.15) is 0 Å². The van der Waals surface area contributed by atoms with E-state index in [-0.39, 0.29) is 0 Å². The Hall–Kier alpha value is 0.430. The molecule has 0 aliphatic rings. The molecule has 0 radical (unpaired) electrons. The Morgan fingerprint density at radius 1 is 0.273 bits per heavy atom. The van der Waals surface area contributed by atoms with Crippen molar-refractivity contribution in [2.45, 2.75) is 180 Å². The average Bonchev–Trinajstić information content (AvgIpc) is 2.78. The van der Waals surface area contributed by atoms with Gasteiger partial charge < -0.3 is 0 Å². The molecule has 0 N–H and O–H groups in total. The largest absolute Gasteiger partial charge is 0.0654 e. The number of hydrogen-bond donors (Lipinski definition) is 0. The highest BCUT2D eigenvalue weighted by Crippen LogP contribution is 2.47. The van der Waals surface area contributed by atoms with Crippen molar-refractivity contribution in [3.05, 3.63) is 0 Å². The molecule has 0 heterocycles. The second-order valence-corrected chi connectivity index (χ2v) is 17.2. The molecule has 0 atom stereocenters. The molecule has 1 heteroatoms. The van der Waals surface area contributed by atoms with Gasteiger partial charge in [-0.1, -0.05) is 167 Å². The zero-order valence-electron chi connectivity index (χ0n) is 24.2. The van der Waals surface area contributed by atoms with Crippen LogP contribution in [-0.2, 0) is 0 Å². The number of hydrogen-bond acceptors (Lipinski definition) is 0. The fourth-order valence-corrected chi connectivity index (χ4v) is 6.25. The van der Waals surface area contributed by atoms with Crippen LogP contribution in [0.4, 0.5) is 0 Å². The van der Waals surface area contributed by atoms with Gasteiger partial charge in [0.15, 0.2) is 0 Å². The lowest BCUT2D eigenvalue weighted by Gasteiger charge is -2.10. The minimum atomic E-state index is -0.516. The maximum Gasteiger partial charge on any atom is 0.0586 e. The maximum absolute atomic E-state index is 2.48. The standard InChI is InChI=1S/C32H68P/c1-5-6-7-8-9-10-11-12-13-14-15-16-17-18-19-20-21-22-23-24-25-26-27-28-29-30-31-32-33(2,3)4/h5-32H2,1-4H3/q+1. The molecular formula is C32H68P+. The molecule has 0 rings (SSSR count). The van der Waals surface area contributed by atoms with Crippen molar-refractivity contribution in [3.63, 3.8) is 0 Å². The fourth-order valence-electron chi connectivity index (χ4n) is 5.08. The molecule has 0 saturated carbocycles. The van der Waals surface area contributed by atoms with Crippen molar-refractivity contribution in [1.82, 2.24) is 0 Å². The van der Waals surface area contributed by atoms with Crippen LogP contribution in [-0.4, -0.2) is 26.2 Å². The second kappa shape index (κ2) is 27.0. The SMILES string of the molecule is CCCCCCCCCCCCCCCCCCCCCCCCCCCCC[P+](C)(C)C. The summed E-state index contributed by atoms with van der Waals surface area (Å²) in [5.41, 5.74) is 0. The monoisotopic (exact) mass is 484 g/mol. The number of rotatable bonds is 28. The first-order valence-electron chi connectivity index (χ1n) is 15.9. The molecule has 200 valence electrons. The normalized spacial score (nSPS) is 12.0. The Morgan fingerprint density at radius 3 is 0.636 bits per heavy atom. The van der Waals surface area contributed by atoms with Crippen LogP contribution in [0.25, 0.3) is 0 Å². The van der Waals surface area contributed by atoms with E-state index in [2.05, 4.69) is 26.9 Å². The third-order valence-electron chi connectivity index (χ3n) is 7.43. The van der Waals surface area contributed by atoms with Crippen molar-refractivity contribution in [2.24, 2.45) is 0 Å². The average molecular weight is 484 g/mol. The molecule has 0 aliphatic heterocycles. The molecule has 0 amide bonds. The van der Waals surface area contributed by atoms with E-state index in [0.717, 1.165) is 0 Å². The number of unbranched alkanes of at least 4 members (excludes halogenated alkanes) is 26.